The summed E-state index contributed by atoms with van der Waals surface area (Å²) in [6.45, 7) is 1.57. The van der Waals surface area contributed by atoms with Gasteiger partial charge in [-0.1, -0.05) is 0 Å². The molecule has 0 aliphatic carbocycles. The van der Waals surface area contributed by atoms with E-state index < -0.39 is 38.6 Å². The lowest BCUT2D eigenvalue weighted by Gasteiger charge is -2.21. The molecule has 15 heteroatoms. The van der Waals surface area contributed by atoms with E-state index in [4.69, 9.17) is 4.74 Å². The molecule has 0 radical (unpaired) electrons. The molecular formula is C16H14F3N5O5S2. The van der Waals surface area contributed by atoms with E-state index in [-0.39, 0.29) is 28.2 Å². The first-order chi connectivity index (χ1) is 14.4. The lowest BCUT2D eigenvalue weighted by molar-refractivity contribution is -0.137. The first kappa shape index (κ1) is 22.6. The lowest BCUT2D eigenvalue weighted by atomic mass is 10.2. The Morgan fingerprint density at radius 1 is 1.26 bits per heavy atom. The molecule has 3 N–H and O–H groups in total. The Kier molecular flexibility index (Phi) is 6.00. The number of methoxy groups -OCH3 is 1. The van der Waals surface area contributed by atoms with E-state index in [1.807, 2.05) is 0 Å². The zero-order valence-corrected chi connectivity index (χ0v) is 17.5. The van der Waals surface area contributed by atoms with Gasteiger partial charge in [0.2, 0.25) is 17.7 Å². The molecule has 0 unspecified atom stereocenters. The van der Waals surface area contributed by atoms with Gasteiger partial charge in [0.25, 0.3) is 10.0 Å². The second kappa shape index (κ2) is 8.22. The number of nitrogens with one attached hydrogen (secondary N) is 3. The third-order valence-electron chi connectivity index (χ3n) is 3.79. The summed E-state index contributed by atoms with van der Waals surface area (Å²) in [6.07, 6.45) is -4.89. The van der Waals surface area contributed by atoms with Gasteiger partial charge >= 0.3 is 12.2 Å². The summed E-state index contributed by atoms with van der Waals surface area (Å²) in [6, 6.07) is 1.18. The zero-order chi connectivity index (χ0) is 23.0. The van der Waals surface area contributed by atoms with Crippen molar-refractivity contribution in [3.63, 3.8) is 0 Å². The summed E-state index contributed by atoms with van der Waals surface area (Å²) in [5.74, 6) is -0.970. The van der Waals surface area contributed by atoms with Crippen LogP contribution in [0.3, 0.4) is 0 Å². The van der Waals surface area contributed by atoms with Gasteiger partial charge in [-0.2, -0.15) is 18.2 Å². The van der Waals surface area contributed by atoms with Gasteiger partial charge < -0.3 is 10.1 Å². The van der Waals surface area contributed by atoms with Gasteiger partial charge in [-0.15, -0.1) is 11.8 Å². The second-order valence-corrected chi connectivity index (χ2v) is 8.76. The number of halogens is 3. The number of hydrogen-bond acceptors (Lipinski definition) is 8. The first-order valence-corrected chi connectivity index (χ1v) is 10.8. The maximum atomic E-state index is 13.2. The van der Waals surface area contributed by atoms with Crippen LogP contribution in [0.4, 0.5) is 29.6 Å². The van der Waals surface area contributed by atoms with Crippen molar-refractivity contribution in [2.24, 2.45) is 0 Å². The molecule has 3 amide bonds. The van der Waals surface area contributed by atoms with Crippen molar-refractivity contribution in [2.45, 2.75) is 22.9 Å². The van der Waals surface area contributed by atoms with Gasteiger partial charge in [0.1, 0.15) is 4.90 Å². The number of aromatic nitrogens is 2. The molecule has 0 spiro atoms. The van der Waals surface area contributed by atoms with Crippen LogP contribution in [-0.4, -0.2) is 43.2 Å². The Morgan fingerprint density at radius 3 is 2.61 bits per heavy atom. The predicted octanol–water partition coefficient (Wildman–Crippen LogP) is 2.37. The average Bonchev–Trinajstić information content (AvgIpc) is 2.64. The van der Waals surface area contributed by atoms with Crippen LogP contribution in [0, 0.1) is 6.92 Å². The predicted molar refractivity (Wildman–Crippen MR) is 103 cm³/mol. The van der Waals surface area contributed by atoms with Gasteiger partial charge in [-0.05, 0) is 19.1 Å². The number of urea groups is 1. The summed E-state index contributed by atoms with van der Waals surface area (Å²) in [5.41, 5.74) is -1.21. The molecule has 166 valence electrons. The molecule has 0 saturated heterocycles. The number of thioether (sulfide) groups is 1. The normalized spacial score (nSPS) is 13.8. The molecule has 1 aromatic carbocycles. The number of anilines is 2. The van der Waals surface area contributed by atoms with Crippen molar-refractivity contribution >= 4 is 45.4 Å². The third kappa shape index (κ3) is 5.16. The topological polar surface area (TPSA) is 139 Å². The van der Waals surface area contributed by atoms with Crippen LogP contribution in [0.5, 0.6) is 5.88 Å². The van der Waals surface area contributed by atoms with E-state index in [1.165, 1.54) is 13.2 Å². The van der Waals surface area contributed by atoms with Crippen LogP contribution < -0.4 is 20.1 Å². The van der Waals surface area contributed by atoms with Gasteiger partial charge in [0.15, 0.2) is 0 Å². The van der Waals surface area contributed by atoms with Crippen LogP contribution >= 0.6 is 11.8 Å². The smallest absolute Gasteiger partial charge is 0.416 e. The van der Waals surface area contributed by atoms with Crippen LogP contribution in [-0.2, 0) is 21.0 Å². The minimum atomic E-state index is -4.89. The molecule has 10 nitrogen and oxygen atoms in total. The fourth-order valence-corrected chi connectivity index (χ4v) is 4.90. The van der Waals surface area contributed by atoms with Gasteiger partial charge in [0.05, 0.1) is 29.0 Å². The highest BCUT2D eigenvalue weighted by atomic mass is 32.2. The summed E-state index contributed by atoms with van der Waals surface area (Å²) in [7, 11) is -3.45. The zero-order valence-electron chi connectivity index (χ0n) is 15.8. The number of hydrogen-bond donors (Lipinski definition) is 3. The largest absolute Gasteiger partial charge is 0.481 e. The van der Waals surface area contributed by atoms with Crippen molar-refractivity contribution in [3.05, 3.63) is 29.5 Å². The fraction of sp³-hybridized carbons (Fsp3) is 0.250. The highest BCUT2D eigenvalue weighted by molar-refractivity contribution is 8.01. The number of ether oxygens (including phenoxy) is 1. The Labute approximate surface area is 178 Å². The van der Waals surface area contributed by atoms with Gasteiger partial charge in [0, 0.05) is 11.8 Å². The summed E-state index contributed by atoms with van der Waals surface area (Å²) < 4.78 is 71.7. The maximum absolute atomic E-state index is 13.2. The number of carbonyl (C=O) groups is 2. The minimum Gasteiger partial charge on any atom is -0.481 e. The minimum absolute atomic E-state index is 0.102. The molecule has 0 saturated carbocycles. The quantitative estimate of drug-likeness (QED) is 0.610. The summed E-state index contributed by atoms with van der Waals surface area (Å²) in [5, 5.41) is 4.30. The highest BCUT2D eigenvalue weighted by Gasteiger charge is 2.36. The molecule has 1 aromatic heterocycles. The van der Waals surface area contributed by atoms with E-state index in [2.05, 4.69) is 20.6 Å². The Hall–Kier alpha value is -3.07. The third-order valence-corrected chi connectivity index (χ3v) is 6.40. The number of sulfonamides is 1. The lowest BCUT2D eigenvalue weighted by Crippen LogP contribution is -2.35. The molecule has 2 heterocycles. The van der Waals surface area contributed by atoms with E-state index in [1.54, 1.807) is 11.6 Å². The number of carbonyl (C=O) groups excluding carboxylic acids is 2. The number of nitrogens with zero attached hydrogens (tertiary/aromatic N) is 2. The Morgan fingerprint density at radius 2 is 1.97 bits per heavy atom. The van der Waals surface area contributed by atoms with E-state index in [0.717, 1.165) is 11.8 Å². The highest BCUT2D eigenvalue weighted by Crippen LogP contribution is 2.41. The van der Waals surface area contributed by atoms with Gasteiger partial charge in [-0.25, -0.2) is 22.9 Å². The van der Waals surface area contributed by atoms with Crippen molar-refractivity contribution < 1.29 is 35.9 Å². The first-order valence-electron chi connectivity index (χ1n) is 8.30. The second-order valence-electron chi connectivity index (χ2n) is 6.12. The van der Waals surface area contributed by atoms with Crippen LogP contribution in [0.25, 0.3) is 0 Å². The summed E-state index contributed by atoms with van der Waals surface area (Å²) >= 11 is 0.736. The van der Waals surface area contributed by atoms with Crippen LogP contribution in [0.1, 0.15) is 11.3 Å². The molecule has 2 aromatic rings. The van der Waals surface area contributed by atoms with Crippen molar-refractivity contribution in [1.82, 2.24) is 14.7 Å². The van der Waals surface area contributed by atoms with Crippen LogP contribution in [0.2, 0.25) is 0 Å². The molecule has 0 fully saturated rings. The average molecular weight is 477 g/mol. The number of fused-ring (bicyclic) bond motifs is 1. The van der Waals surface area contributed by atoms with Crippen molar-refractivity contribution in [3.8, 4) is 5.88 Å². The number of aryl methyl sites for hydroxylation is 1. The fourth-order valence-electron chi connectivity index (χ4n) is 2.54. The van der Waals surface area contributed by atoms with E-state index in [0.29, 0.717) is 17.8 Å². The number of rotatable bonds is 4. The Balaban J connectivity index is 1.94. The molecular weight excluding hydrogens is 463 g/mol. The monoisotopic (exact) mass is 477 g/mol. The Bertz CT molecular complexity index is 1170. The van der Waals surface area contributed by atoms with Gasteiger partial charge in [-0.3, -0.25) is 10.1 Å². The summed E-state index contributed by atoms with van der Waals surface area (Å²) in [4.78, 5) is 30.5. The van der Waals surface area contributed by atoms with Crippen LogP contribution in [0.15, 0.2) is 28.0 Å². The molecule has 3 rings (SSSR count). The van der Waals surface area contributed by atoms with Crippen molar-refractivity contribution in [2.75, 3.05) is 23.5 Å². The maximum Gasteiger partial charge on any atom is 0.416 e. The molecule has 31 heavy (non-hydrogen) atoms. The SMILES string of the molecule is COc1cc(C)nc(NC(=O)NS(=O)(=O)c2cc(C(F)(F)F)cc3c2SCC(=O)N3)n1. The number of alkyl halides is 3. The molecule has 1 aliphatic rings. The number of amides is 3. The van der Waals surface area contributed by atoms with E-state index >= 15 is 0 Å². The molecule has 0 bridgehead atoms. The molecule has 0 atom stereocenters. The number of benzene rings is 1. The van der Waals surface area contributed by atoms with Crippen molar-refractivity contribution in [1.29, 1.82) is 0 Å². The van der Waals surface area contributed by atoms with E-state index in [9.17, 15) is 31.2 Å². The standard InChI is InChI=1S/C16H14F3N5O5S2/c1-7-3-12(29-2)22-14(20-7)23-15(26)24-31(27,28)10-5-8(16(17,18)19)4-9-13(10)30-6-11(25)21-9/h3-5H,6H2,1-2H3,(H,21,25)(H2,20,22,23,24,26). The molecule has 1 aliphatic heterocycles.